The van der Waals surface area contributed by atoms with Gasteiger partial charge < -0.3 is 15.3 Å². The Morgan fingerprint density at radius 1 is 1.39 bits per heavy atom. The average molecular weight is 271 g/mol. The summed E-state index contributed by atoms with van der Waals surface area (Å²) in [7, 11) is 1.66. The first kappa shape index (κ1) is 14.8. The minimum Gasteiger partial charge on any atom is -0.395 e. The number of rotatable bonds is 6. The maximum absolute atomic E-state index is 11.5. The van der Waals surface area contributed by atoms with Crippen LogP contribution in [0.4, 0.5) is 4.79 Å². The van der Waals surface area contributed by atoms with Crippen molar-refractivity contribution in [3.8, 4) is 0 Å². The zero-order valence-electron chi connectivity index (χ0n) is 10.5. The molecule has 0 unspecified atom stereocenters. The number of carbonyl (C=O) groups is 1. The van der Waals surface area contributed by atoms with Crippen molar-refractivity contribution in [2.24, 2.45) is 0 Å². The molecule has 0 atom stereocenters. The predicted octanol–water partition coefficient (Wildman–Crippen LogP) is 1.91. The number of halogens is 1. The van der Waals surface area contributed by atoms with Gasteiger partial charge in [-0.3, -0.25) is 0 Å². The van der Waals surface area contributed by atoms with Gasteiger partial charge in [0.25, 0.3) is 0 Å². The van der Waals surface area contributed by atoms with Crippen LogP contribution in [0.5, 0.6) is 0 Å². The Morgan fingerprint density at radius 3 is 2.67 bits per heavy atom. The van der Waals surface area contributed by atoms with Crippen molar-refractivity contribution in [3.63, 3.8) is 0 Å². The van der Waals surface area contributed by atoms with Crippen LogP contribution < -0.4 is 5.32 Å². The monoisotopic (exact) mass is 270 g/mol. The van der Waals surface area contributed by atoms with Crippen LogP contribution in [-0.4, -0.2) is 42.8 Å². The van der Waals surface area contributed by atoms with E-state index < -0.39 is 0 Å². The molecule has 0 fully saturated rings. The third-order valence-corrected chi connectivity index (χ3v) is 2.87. The van der Waals surface area contributed by atoms with E-state index in [1.54, 1.807) is 7.05 Å². The Kier molecular flexibility index (Phi) is 6.54. The van der Waals surface area contributed by atoms with E-state index >= 15 is 0 Å². The van der Waals surface area contributed by atoms with Gasteiger partial charge in [-0.2, -0.15) is 0 Å². The van der Waals surface area contributed by atoms with Gasteiger partial charge in [0.05, 0.1) is 6.61 Å². The summed E-state index contributed by atoms with van der Waals surface area (Å²) in [5, 5.41) is 12.2. The number of aryl methyl sites for hydroxylation is 1. The summed E-state index contributed by atoms with van der Waals surface area (Å²) in [4.78, 5) is 12.9. The highest BCUT2D eigenvalue weighted by molar-refractivity contribution is 6.30. The molecular formula is C13H19ClN2O2. The normalized spacial score (nSPS) is 10.2. The standard InChI is InChI=1S/C13H19ClN2O2/c1-16(9-10-17)13(18)15-8-2-3-11-4-6-12(14)7-5-11/h4-7,17H,2-3,8-10H2,1H3,(H,15,18). The molecule has 0 aliphatic carbocycles. The number of urea groups is 1. The smallest absolute Gasteiger partial charge is 0.317 e. The van der Waals surface area contributed by atoms with Crippen molar-refractivity contribution in [1.29, 1.82) is 0 Å². The number of carbonyl (C=O) groups excluding carboxylic acids is 1. The van der Waals surface area contributed by atoms with E-state index in [1.165, 1.54) is 10.5 Å². The molecular weight excluding hydrogens is 252 g/mol. The molecule has 0 bridgehead atoms. The van der Waals surface area contributed by atoms with E-state index in [4.69, 9.17) is 16.7 Å². The van der Waals surface area contributed by atoms with Gasteiger partial charge in [0, 0.05) is 25.2 Å². The van der Waals surface area contributed by atoms with Gasteiger partial charge >= 0.3 is 6.03 Å². The van der Waals surface area contributed by atoms with Crippen molar-refractivity contribution in [2.75, 3.05) is 26.7 Å². The van der Waals surface area contributed by atoms with E-state index in [0.717, 1.165) is 17.9 Å². The summed E-state index contributed by atoms with van der Waals surface area (Å²) in [6.45, 7) is 0.953. The molecule has 5 heteroatoms. The molecule has 0 saturated carbocycles. The second-order valence-electron chi connectivity index (χ2n) is 4.11. The van der Waals surface area contributed by atoms with Crippen LogP contribution >= 0.6 is 11.6 Å². The lowest BCUT2D eigenvalue weighted by Gasteiger charge is -2.16. The van der Waals surface area contributed by atoms with Crippen LogP contribution in [0.1, 0.15) is 12.0 Å². The Balaban J connectivity index is 2.18. The number of hydrogen-bond donors (Lipinski definition) is 2. The number of benzene rings is 1. The Labute approximate surface area is 113 Å². The summed E-state index contributed by atoms with van der Waals surface area (Å²) in [6.07, 6.45) is 1.78. The summed E-state index contributed by atoms with van der Waals surface area (Å²) in [5.74, 6) is 0. The maximum atomic E-state index is 11.5. The van der Waals surface area contributed by atoms with E-state index in [0.29, 0.717) is 13.1 Å². The van der Waals surface area contributed by atoms with Gasteiger partial charge in [-0.05, 0) is 30.5 Å². The fourth-order valence-electron chi connectivity index (χ4n) is 1.53. The molecule has 0 spiro atoms. The number of nitrogens with zero attached hydrogens (tertiary/aromatic N) is 1. The van der Waals surface area contributed by atoms with Crippen LogP contribution in [-0.2, 0) is 6.42 Å². The van der Waals surface area contributed by atoms with Gasteiger partial charge in [-0.25, -0.2) is 4.79 Å². The fraction of sp³-hybridized carbons (Fsp3) is 0.462. The molecule has 18 heavy (non-hydrogen) atoms. The highest BCUT2D eigenvalue weighted by Crippen LogP contribution is 2.10. The highest BCUT2D eigenvalue weighted by atomic mass is 35.5. The second-order valence-corrected chi connectivity index (χ2v) is 4.54. The quantitative estimate of drug-likeness (QED) is 0.776. The molecule has 0 aliphatic rings. The first-order valence-corrected chi connectivity index (χ1v) is 6.35. The van der Waals surface area contributed by atoms with Gasteiger partial charge in [-0.1, -0.05) is 23.7 Å². The van der Waals surface area contributed by atoms with Crippen molar-refractivity contribution >= 4 is 17.6 Å². The van der Waals surface area contributed by atoms with Gasteiger partial charge in [0.1, 0.15) is 0 Å². The van der Waals surface area contributed by atoms with Crippen molar-refractivity contribution in [2.45, 2.75) is 12.8 Å². The van der Waals surface area contributed by atoms with Gasteiger partial charge in [-0.15, -0.1) is 0 Å². The third kappa shape index (κ3) is 5.38. The van der Waals surface area contributed by atoms with E-state index in [9.17, 15) is 4.79 Å². The molecule has 100 valence electrons. The third-order valence-electron chi connectivity index (χ3n) is 2.61. The number of nitrogens with one attached hydrogen (secondary N) is 1. The molecule has 0 aliphatic heterocycles. The van der Waals surface area contributed by atoms with Crippen LogP contribution in [0.3, 0.4) is 0 Å². The zero-order valence-corrected chi connectivity index (χ0v) is 11.3. The molecule has 1 aromatic carbocycles. The topological polar surface area (TPSA) is 52.6 Å². The van der Waals surface area contributed by atoms with Gasteiger partial charge in [0.15, 0.2) is 0 Å². The molecule has 1 rings (SSSR count). The number of amides is 2. The molecule has 0 aromatic heterocycles. The van der Waals surface area contributed by atoms with Crippen LogP contribution in [0, 0.1) is 0 Å². The molecule has 0 heterocycles. The van der Waals surface area contributed by atoms with Crippen LogP contribution in [0.15, 0.2) is 24.3 Å². The lowest BCUT2D eigenvalue weighted by molar-refractivity contribution is 0.190. The molecule has 0 radical (unpaired) electrons. The Bertz CT molecular complexity index is 368. The van der Waals surface area contributed by atoms with E-state index in [-0.39, 0.29) is 12.6 Å². The summed E-state index contributed by atoms with van der Waals surface area (Å²) < 4.78 is 0. The second kappa shape index (κ2) is 7.95. The van der Waals surface area contributed by atoms with E-state index in [1.807, 2.05) is 24.3 Å². The minimum atomic E-state index is -0.153. The lowest BCUT2D eigenvalue weighted by atomic mass is 10.1. The zero-order chi connectivity index (χ0) is 13.4. The largest absolute Gasteiger partial charge is 0.395 e. The number of hydrogen-bond acceptors (Lipinski definition) is 2. The average Bonchev–Trinajstić information content (AvgIpc) is 2.36. The van der Waals surface area contributed by atoms with Crippen molar-refractivity contribution < 1.29 is 9.90 Å². The lowest BCUT2D eigenvalue weighted by Crippen LogP contribution is -2.39. The Morgan fingerprint density at radius 2 is 2.06 bits per heavy atom. The first-order valence-electron chi connectivity index (χ1n) is 5.97. The first-order chi connectivity index (χ1) is 8.63. The maximum Gasteiger partial charge on any atom is 0.317 e. The SMILES string of the molecule is CN(CCO)C(=O)NCCCc1ccc(Cl)cc1. The number of likely N-dealkylation sites (N-methyl/N-ethyl adjacent to an activating group) is 1. The number of aliphatic hydroxyl groups excluding tert-OH is 1. The molecule has 2 amide bonds. The summed E-state index contributed by atoms with van der Waals surface area (Å²) in [6, 6.07) is 7.55. The summed E-state index contributed by atoms with van der Waals surface area (Å²) >= 11 is 5.80. The van der Waals surface area contributed by atoms with Crippen molar-refractivity contribution in [3.05, 3.63) is 34.9 Å². The number of aliphatic hydroxyl groups is 1. The molecule has 4 nitrogen and oxygen atoms in total. The summed E-state index contributed by atoms with van der Waals surface area (Å²) in [5.41, 5.74) is 1.21. The fourth-order valence-corrected chi connectivity index (χ4v) is 1.65. The molecule has 0 saturated heterocycles. The van der Waals surface area contributed by atoms with Crippen molar-refractivity contribution in [1.82, 2.24) is 10.2 Å². The van der Waals surface area contributed by atoms with E-state index in [2.05, 4.69) is 5.32 Å². The Hall–Kier alpha value is -1.26. The highest BCUT2D eigenvalue weighted by Gasteiger charge is 2.05. The van der Waals surface area contributed by atoms with Crippen LogP contribution in [0.2, 0.25) is 5.02 Å². The van der Waals surface area contributed by atoms with Crippen LogP contribution in [0.25, 0.3) is 0 Å². The molecule has 2 N–H and O–H groups in total. The minimum absolute atomic E-state index is 0.0192. The van der Waals surface area contributed by atoms with Gasteiger partial charge in [0.2, 0.25) is 0 Å². The predicted molar refractivity (Wildman–Crippen MR) is 72.9 cm³/mol. The molecule has 1 aromatic rings.